The summed E-state index contributed by atoms with van der Waals surface area (Å²) in [5.74, 6) is -0.365. The predicted molar refractivity (Wildman–Crippen MR) is 112 cm³/mol. The number of benzene rings is 2. The van der Waals surface area contributed by atoms with Crippen LogP contribution in [0.15, 0.2) is 59.4 Å². The molecule has 2 aromatic carbocycles. The quantitative estimate of drug-likeness (QED) is 0.654. The molecule has 1 amide bonds. The normalized spacial score (nSPS) is 15.8. The van der Waals surface area contributed by atoms with Crippen LogP contribution in [0.4, 0.5) is 0 Å². The molecule has 7 heteroatoms. The Balaban J connectivity index is 1.92. The zero-order chi connectivity index (χ0) is 20.5. The van der Waals surface area contributed by atoms with Gasteiger partial charge in [-0.25, -0.2) is 0 Å². The van der Waals surface area contributed by atoms with E-state index in [0.29, 0.717) is 19.5 Å². The van der Waals surface area contributed by atoms with Crippen LogP contribution in [0.3, 0.4) is 0 Å². The summed E-state index contributed by atoms with van der Waals surface area (Å²) in [6, 6.07) is 16.6. The van der Waals surface area contributed by atoms with Crippen molar-refractivity contribution in [1.82, 2.24) is 14.5 Å². The van der Waals surface area contributed by atoms with Crippen LogP contribution in [-0.4, -0.2) is 32.0 Å². The second kappa shape index (κ2) is 7.67. The minimum absolute atomic E-state index is 0.136. The van der Waals surface area contributed by atoms with Crippen molar-refractivity contribution < 1.29 is 9.90 Å². The number of nitrogens with one attached hydrogen (secondary N) is 1. The molecule has 0 fully saturated rings. The third kappa shape index (κ3) is 3.49. The summed E-state index contributed by atoms with van der Waals surface area (Å²) in [5, 5.41) is 11.1. The highest BCUT2D eigenvalue weighted by molar-refractivity contribution is 7.71. The molecule has 0 bridgehead atoms. The van der Waals surface area contributed by atoms with Gasteiger partial charge in [0.1, 0.15) is 5.56 Å². The van der Waals surface area contributed by atoms with Crippen molar-refractivity contribution in [3.8, 4) is 5.88 Å². The van der Waals surface area contributed by atoms with Crippen molar-refractivity contribution in [1.29, 1.82) is 0 Å². The molecule has 0 spiro atoms. The highest BCUT2D eigenvalue weighted by atomic mass is 32.1. The van der Waals surface area contributed by atoms with Crippen LogP contribution in [-0.2, 0) is 17.8 Å². The summed E-state index contributed by atoms with van der Waals surface area (Å²) < 4.78 is 1.63. The Kier molecular flexibility index (Phi) is 5.07. The molecular weight excluding hydrogens is 386 g/mol. The minimum Gasteiger partial charge on any atom is -0.494 e. The lowest BCUT2D eigenvalue weighted by molar-refractivity contribution is -0.130. The second-order valence-corrected chi connectivity index (χ2v) is 7.52. The lowest BCUT2D eigenvalue weighted by Gasteiger charge is -2.37. The molecule has 1 aromatic heterocycles. The maximum atomic E-state index is 12.9. The fourth-order valence-electron chi connectivity index (χ4n) is 3.95. The molecule has 2 heterocycles. The molecule has 0 radical (unpaired) electrons. The van der Waals surface area contributed by atoms with Gasteiger partial charge in [-0.05, 0) is 35.3 Å². The molecule has 1 atom stereocenters. The predicted octanol–water partition coefficient (Wildman–Crippen LogP) is 3.15. The van der Waals surface area contributed by atoms with Crippen molar-refractivity contribution in [3.63, 3.8) is 0 Å². The number of aromatic amines is 1. The highest BCUT2D eigenvalue weighted by Gasteiger charge is 2.35. The van der Waals surface area contributed by atoms with Crippen LogP contribution < -0.4 is 5.56 Å². The van der Waals surface area contributed by atoms with Gasteiger partial charge < -0.3 is 10.0 Å². The molecule has 29 heavy (non-hydrogen) atoms. The van der Waals surface area contributed by atoms with Gasteiger partial charge in [-0.3, -0.25) is 19.1 Å². The molecule has 1 aliphatic rings. The van der Waals surface area contributed by atoms with E-state index in [2.05, 4.69) is 4.98 Å². The van der Waals surface area contributed by atoms with E-state index in [1.807, 2.05) is 54.6 Å². The number of rotatable bonds is 3. The van der Waals surface area contributed by atoms with Crippen molar-refractivity contribution in [3.05, 3.63) is 92.0 Å². The van der Waals surface area contributed by atoms with Gasteiger partial charge in [-0.15, -0.1) is 0 Å². The van der Waals surface area contributed by atoms with E-state index in [4.69, 9.17) is 12.2 Å². The van der Waals surface area contributed by atoms with Gasteiger partial charge in [0.2, 0.25) is 11.8 Å². The number of amides is 1. The molecular formula is C22H21N3O3S. The van der Waals surface area contributed by atoms with Gasteiger partial charge in [0.25, 0.3) is 5.56 Å². The summed E-state index contributed by atoms with van der Waals surface area (Å²) in [6.45, 7) is 2.26. The third-order valence-electron chi connectivity index (χ3n) is 5.35. The summed E-state index contributed by atoms with van der Waals surface area (Å²) in [6.07, 6.45) is 0.702. The summed E-state index contributed by atoms with van der Waals surface area (Å²) in [5.41, 5.74) is 2.50. The number of carbonyl (C=O) groups is 1. The average Bonchev–Trinajstić information content (AvgIpc) is 2.71. The smallest absolute Gasteiger partial charge is 0.261 e. The maximum Gasteiger partial charge on any atom is 0.261 e. The standard InChI is InChI=1S/C22H21N3O3S/c1-14(26)24-12-11-16-9-5-6-10-17(16)19(24)18-20(27)23-22(29)25(21(18)28)13-15-7-3-2-4-8-15/h2-10,19,28H,11-13H2,1H3,(H,23,27,29). The van der Waals surface area contributed by atoms with Gasteiger partial charge >= 0.3 is 0 Å². The zero-order valence-corrected chi connectivity index (χ0v) is 16.8. The first-order valence-electron chi connectivity index (χ1n) is 9.42. The van der Waals surface area contributed by atoms with E-state index in [1.165, 1.54) is 11.5 Å². The third-order valence-corrected chi connectivity index (χ3v) is 5.67. The molecule has 0 saturated heterocycles. The van der Waals surface area contributed by atoms with Crippen molar-refractivity contribution >= 4 is 18.1 Å². The van der Waals surface area contributed by atoms with E-state index in [9.17, 15) is 14.7 Å². The maximum absolute atomic E-state index is 12.9. The first-order valence-corrected chi connectivity index (χ1v) is 9.83. The van der Waals surface area contributed by atoms with E-state index in [1.54, 1.807) is 4.90 Å². The lowest BCUT2D eigenvalue weighted by atomic mass is 9.89. The molecule has 148 valence electrons. The number of carbonyl (C=O) groups excluding carboxylic acids is 1. The Hall–Kier alpha value is -3.19. The number of fused-ring (bicyclic) bond motifs is 1. The van der Waals surface area contributed by atoms with Crippen LogP contribution in [0.25, 0.3) is 0 Å². The molecule has 3 aromatic rings. The fourth-order valence-corrected chi connectivity index (χ4v) is 4.20. The largest absolute Gasteiger partial charge is 0.494 e. The fraction of sp³-hybridized carbons (Fsp3) is 0.227. The molecule has 1 aliphatic heterocycles. The van der Waals surface area contributed by atoms with Crippen LogP contribution in [0, 0.1) is 4.77 Å². The van der Waals surface area contributed by atoms with E-state index in [0.717, 1.165) is 16.7 Å². The van der Waals surface area contributed by atoms with Crippen LogP contribution in [0.1, 0.15) is 35.2 Å². The molecule has 4 rings (SSSR count). The molecule has 2 N–H and O–H groups in total. The van der Waals surface area contributed by atoms with Crippen molar-refractivity contribution in [2.75, 3.05) is 6.54 Å². The molecule has 6 nitrogen and oxygen atoms in total. The average molecular weight is 407 g/mol. The first-order chi connectivity index (χ1) is 14.0. The van der Waals surface area contributed by atoms with Gasteiger partial charge in [0.15, 0.2) is 4.77 Å². The number of hydrogen-bond donors (Lipinski definition) is 2. The molecule has 0 saturated carbocycles. The molecule has 0 aliphatic carbocycles. The van der Waals surface area contributed by atoms with E-state index < -0.39 is 11.6 Å². The van der Waals surface area contributed by atoms with Crippen molar-refractivity contribution in [2.24, 2.45) is 0 Å². The van der Waals surface area contributed by atoms with Gasteiger partial charge in [0.05, 0.1) is 12.6 Å². The Bertz CT molecular complexity index is 1180. The number of aromatic hydroxyl groups is 1. The summed E-state index contributed by atoms with van der Waals surface area (Å²) >= 11 is 5.31. The number of nitrogens with zero attached hydrogens (tertiary/aromatic N) is 2. The van der Waals surface area contributed by atoms with Crippen LogP contribution >= 0.6 is 12.2 Å². The van der Waals surface area contributed by atoms with E-state index in [-0.39, 0.29) is 22.1 Å². The molecule has 1 unspecified atom stereocenters. The Morgan fingerprint density at radius 3 is 2.59 bits per heavy atom. The Morgan fingerprint density at radius 2 is 1.86 bits per heavy atom. The monoisotopic (exact) mass is 407 g/mol. The SMILES string of the molecule is CC(=O)N1CCc2ccccc2C1c1c(O)n(Cc2ccccc2)c(=S)[nH]c1=O. The summed E-state index contributed by atoms with van der Waals surface area (Å²) in [7, 11) is 0. The van der Waals surface area contributed by atoms with Gasteiger partial charge in [0, 0.05) is 13.5 Å². The van der Waals surface area contributed by atoms with Crippen molar-refractivity contribution in [2.45, 2.75) is 25.9 Å². The number of hydrogen-bond acceptors (Lipinski definition) is 4. The lowest BCUT2D eigenvalue weighted by Crippen LogP contribution is -2.41. The van der Waals surface area contributed by atoms with Crippen LogP contribution in [0.5, 0.6) is 5.88 Å². The Labute approximate surface area is 173 Å². The number of aromatic nitrogens is 2. The van der Waals surface area contributed by atoms with E-state index >= 15 is 0 Å². The second-order valence-electron chi connectivity index (χ2n) is 7.13. The highest BCUT2D eigenvalue weighted by Crippen LogP contribution is 2.37. The topological polar surface area (TPSA) is 78.3 Å². The van der Waals surface area contributed by atoms with Gasteiger partial charge in [-0.1, -0.05) is 54.6 Å². The van der Waals surface area contributed by atoms with Gasteiger partial charge in [-0.2, -0.15) is 0 Å². The number of H-pyrrole nitrogens is 1. The zero-order valence-electron chi connectivity index (χ0n) is 16.0. The minimum atomic E-state index is -0.668. The Morgan fingerprint density at radius 1 is 1.17 bits per heavy atom. The van der Waals surface area contributed by atoms with Crippen LogP contribution in [0.2, 0.25) is 0 Å². The first kappa shape index (κ1) is 19.1. The summed E-state index contributed by atoms with van der Waals surface area (Å²) in [4.78, 5) is 29.6.